The Kier molecular flexibility index (Phi) is 5.58. The van der Waals surface area contributed by atoms with Crippen molar-refractivity contribution in [1.29, 1.82) is 0 Å². The number of nitrogens with one attached hydrogen (secondary N) is 2. The van der Waals surface area contributed by atoms with Crippen LogP contribution in [0.15, 0.2) is 30.5 Å². The van der Waals surface area contributed by atoms with Crippen LogP contribution >= 0.6 is 0 Å². The van der Waals surface area contributed by atoms with Gasteiger partial charge in [-0.1, -0.05) is 24.0 Å². The molecule has 1 aromatic carbocycles. The predicted octanol–water partition coefficient (Wildman–Crippen LogP) is 0.570. The van der Waals surface area contributed by atoms with Crippen LogP contribution in [0, 0.1) is 11.8 Å². The molecule has 0 bridgehead atoms. The van der Waals surface area contributed by atoms with E-state index in [-0.39, 0.29) is 24.2 Å². The summed E-state index contributed by atoms with van der Waals surface area (Å²) in [6.45, 7) is 0.138. The van der Waals surface area contributed by atoms with Crippen molar-refractivity contribution in [2.24, 2.45) is 7.05 Å². The number of amides is 2. The second-order valence-electron chi connectivity index (χ2n) is 4.83. The molecule has 0 saturated heterocycles. The Morgan fingerprint density at radius 3 is 2.71 bits per heavy atom. The first-order chi connectivity index (χ1) is 11.6. The Morgan fingerprint density at radius 2 is 2.00 bits per heavy atom. The van der Waals surface area contributed by atoms with Gasteiger partial charge in [-0.25, -0.2) is 0 Å². The molecule has 24 heavy (non-hydrogen) atoms. The molecule has 0 aliphatic carbocycles. The zero-order chi connectivity index (χ0) is 17.5. The van der Waals surface area contributed by atoms with E-state index in [2.05, 4.69) is 27.6 Å². The van der Waals surface area contributed by atoms with Crippen LogP contribution in [0.4, 0.5) is 0 Å². The third-order valence-corrected chi connectivity index (χ3v) is 3.19. The Hall–Kier alpha value is -3.27. The number of benzene rings is 1. The second kappa shape index (κ2) is 7.83. The standard InChI is InChI=1S/C17H18N4O3/c1-18-15(22)13-9-5-4-7-12(13)8-6-10-19-16(23)14-11-21(2)20-17(14)24-3/h4-5,7,9,11H,10H2,1-3H3,(H,18,22)(H,19,23). The molecule has 1 heterocycles. The van der Waals surface area contributed by atoms with Gasteiger partial charge in [-0.3, -0.25) is 14.3 Å². The van der Waals surface area contributed by atoms with E-state index in [1.165, 1.54) is 11.8 Å². The average molecular weight is 326 g/mol. The summed E-state index contributed by atoms with van der Waals surface area (Å²) in [5, 5.41) is 9.26. The molecule has 0 atom stereocenters. The minimum atomic E-state index is -0.325. The highest BCUT2D eigenvalue weighted by Gasteiger charge is 2.15. The van der Waals surface area contributed by atoms with Crippen molar-refractivity contribution in [3.63, 3.8) is 0 Å². The highest BCUT2D eigenvalue weighted by molar-refractivity contribution is 5.97. The van der Waals surface area contributed by atoms with Crippen molar-refractivity contribution in [2.75, 3.05) is 20.7 Å². The van der Waals surface area contributed by atoms with Crippen LogP contribution in [0.5, 0.6) is 5.88 Å². The van der Waals surface area contributed by atoms with Gasteiger partial charge in [0.1, 0.15) is 5.56 Å². The molecule has 2 aromatic rings. The van der Waals surface area contributed by atoms with Gasteiger partial charge in [-0.2, -0.15) is 0 Å². The number of aromatic nitrogens is 2. The van der Waals surface area contributed by atoms with Crippen LogP contribution < -0.4 is 15.4 Å². The predicted molar refractivity (Wildman–Crippen MR) is 88.8 cm³/mol. The zero-order valence-corrected chi connectivity index (χ0v) is 13.7. The van der Waals surface area contributed by atoms with E-state index in [9.17, 15) is 9.59 Å². The lowest BCUT2D eigenvalue weighted by Gasteiger charge is -2.02. The minimum Gasteiger partial charge on any atom is -0.479 e. The first kappa shape index (κ1) is 17.1. The monoisotopic (exact) mass is 326 g/mol. The van der Waals surface area contributed by atoms with E-state index in [0.717, 1.165) is 0 Å². The number of ether oxygens (including phenoxy) is 1. The third-order valence-electron chi connectivity index (χ3n) is 3.19. The highest BCUT2D eigenvalue weighted by atomic mass is 16.5. The van der Waals surface area contributed by atoms with Gasteiger partial charge in [0.05, 0.1) is 19.2 Å². The number of carbonyl (C=O) groups excluding carboxylic acids is 2. The van der Waals surface area contributed by atoms with Gasteiger partial charge < -0.3 is 15.4 Å². The van der Waals surface area contributed by atoms with E-state index in [0.29, 0.717) is 16.7 Å². The van der Waals surface area contributed by atoms with Gasteiger partial charge >= 0.3 is 0 Å². The number of hydrogen-bond donors (Lipinski definition) is 2. The van der Waals surface area contributed by atoms with Crippen LogP contribution in [0.3, 0.4) is 0 Å². The number of nitrogens with zero attached hydrogens (tertiary/aromatic N) is 2. The van der Waals surface area contributed by atoms with Gasteiger partial charge in [0.2, 0.25) is 5.88 Å². The van der Waals surface area contributed by atoms with E-state index in [1.807, 2.05) is 0 Å². The fourth-order valence-electron chi connectivity index (χ4n) is 2.06. The van der Waals surface area contributed by atoms with Crippen LogP contribution in [0.1, 0.15) is 26.3 Å². The van der Waals surface area contributed by atoms with Crippen LogP contribution in [0.25, 0.3) is 0 Å². The van der Waals surface area contributed by atoms with Crippen molar-refractivity contribution < 1.29 is 14.3 Å². The lowest BCUT2D eigenvalue weighted by molar-refractivity contribution is 0.0950. The largest absolute Gasteiger partial charge is 0.479 e. The molecule has 0 aliphatic rings. The summed E-state index contributed by atoms with van der Waals surface area (Å²) >= 11 is 0. The molecule has 0 aliphatic heterocycles. The highest BCUT2D eigenvalue weighted by Crippen LogP contribution is 2.14. The normalized spacial score (nSPS) is 9.62. The molecular weight excluding hydrogens is 308 g/mol. The number of methoxy groups -OCH3 is 1. The van der Waals surface area contributed by atoms with Gasteiger partial charge in [-0.05, 0) is 12.1 Å². The van der Waals surface area contributed by atoms with Gasteiger partial charge in [0.15, 0.2) is 0 Å². The summed E-state index contributed by atoms with van der Waals surface area (Å²) < 4.78 is 6.54. The van der Waals surface area contributed by atoms with Crippen molar-refractivity contribution in [2.45, 2.75) is 0 Å². The smallest absolute Gasteiger partial charge is 0.259 e. The number of rotatable bonds is 4. The maximum atomic E-state index is 12.1. The number of hydrogen-bond acceptors (Lipinski definition) is 4. The minimum absolute atomic E-state index is 0.138. The van der Waals surface area contributed by atoms with Crippen molar-refractivity contribution in [1.82, 2.24) is 20.4 Å². The first-order valence-corrected chi connectivity index (χ1v) is 7.22. The van der Waals surface area contributed by atoms with E-state index < -0.39 is 0 Å². The molecule has 0 unspecified atom stereocenters. The van der Waals surface area contributed by atoms with E-state index in [4.69, 9.17) is 4.74 Å². The second-order valence-corrected chi connectivity index (χ2v) is 4.83. The van der Waals surface area contributed by atoms with E-state index in [1.54, 1.807) is 44.6 Å². The maximum Gasteiger partial charge on any atom is 0.259 e. The lowest BCUT2D eigenvalue weighted by Crippen LogP contribution is -2.23. The summed E-state index contributed by atoms with van der Waals surface area (Å²) in [5.41, 5.74) is 1.44. The van der Waals surface area contributed by atoms with Gasteiger partial charge in [0.25, 0.3) is 11.8 Å². The topological polar surface area (TPSA) is 85.3 Å². The quantitative estimate of drug-likeness (QED) is 0.805. The molecule has 2 amide bonds. The number of carbonyl (C=O) groups is 2. The molecule has 124 valence electrons. The number of aryl methyl sites for hydroxylation is 1. The fourth-order valence-corrected chi connectivity index (χ4v) is 2.06. The van der Waals surface area contributed by atoms with Crippen molar-refractivity contribution >= 4 is 11.8 Å². The molecule has 0 fully saturated rings. The molecule has 0 saturated carbocycles. The van der Waals surface area contributed by atoms with Gasteiger partial charge in [0, 0.05) is 25.9 Å². The molecule has 2 N–H and O–H groups in total. The zero-order valence-electron chi connectivity index (χ0n) is 13.7. The van der Waals surface area contributed by atoms with Crippen molar-refractivity contribution in [3.8, 4) is 17.7 Å². The summed E-state index contributed by atoms with van der Waals surface area (Å²) in [6.07, 6.45) is 1.57. The summed E-state index contributed by atoms with van der Waals surface area (Å²) in [4.78, 5) is 23.9. The summed E-state index contributed by atoms with van der Waals surface area (Å²) in [7, 11) is 4.72. The fraction of sp³-hybridized carbons (Fsp3) is 0.235. The van der Waals surface area contributed by atoms with Crippen LogP contribution in [0.2, 0.25) is 0 Å². The lowest BCUT2D eigenvalue weighted by atomic mass is 10.1. The average Bonchev–Trinajstić information content (AvgIpc) is 2.99. The first-order valence-electron chi connectivity index (χ1n) is 7.22. The Bertz CT molecular complexity index is 815. The Morgan fingerprint density at radius 1 is 1.25 bits per heavy atom. The summed E-state index contributed by atoms with van der Waals surface area (Å²) in [5.74, 6) is 5.46. The molecule has 0 radical (unpaired) electrons. The van der Waals surface area contributed by atoms with Crippen LogP contribution in [-0.4, -0.2) is 42.3 Å². The third kappa shape index (κ3) is 3.93. The summed E-state index contributed by atoms with van der Waals surface area (Å²) in [6, 6.07) is 7.02. The molecule has 1 aromatic heterocycles. The molecule has 7 nitrogen and oxygen atoms in total. The van der Waals surface area contributed by atoms with Gasteiger partial charge in [-0.15, -0.1) is 5.10 Å². The molecule has 7 heteroatoms. The Balaban J connectivity index is 2.04. The van der Waals surface area contributed by atoms with Crippen LogP contribution in [-0.2, 0) is 7.05 Å². The van der Waals surface area contributed by atoms with Crippen molar-refractivity contribution in [3.05, 3.63) is 47.2 Å². The SMILES string of the molecule is CNC(=O)c1ccccc1C#CCNC(=O)c1cn(C)nc1OC. The molecule has 0 spiro atoms. The molecular formula is C17H18N4O3. The molecule has 2 rings (SSSR count). The maximum absolute atomic E-state index is 12.1. The van der Waals surface area contributed by atoms with E-state index >= 15 is 0 Å². The Labute approximate surface area is 140 Å².